The maximum absolute atomic E-state index is 12.3. The third-order valence-electron chi connectivity index (χ3n) is 23.1. The van der Waals surface area contributed by atoms with Crippen LogP contribution >= 0.6 is 75.3 Å². The number of hydrogen-bond donors (Lipinski definition) is 2. The van der Waals surface area contributed by atoms with Crippen LogP contribution in [-0.4, -0.2) is 51.6 Å². The van der Waals surface area contributed by atoms with Crippen LogP contribution in [0.25, 0.3) is 156 Å². The van der Waals surface area contributed by atoms with Gasteiger partial charge >= 0.3 is 23.9 Å². The molecule has 0 saturated heterocycles. The molecule has 0 radical (unpaired) electrons. The van der Waals surface area contributed by atoms with Crippen LogP contribution in [0.1, 0.15) is 110 Å². The average molecular weight is 2270 g/mol. The van der Waals surface area contributed by atoms with Crippen molar-refractivity contribution in [2.45, 2.75) is 102 Å². The molecular formula is C110H79Br4ClN3O18W-. The van der Waals surface area contributed by atoms with E-state index < -0.39 is 5.97 Å². The van der Waals surface area contributed by atoms with E-state index in [-0.39, 0.29) is 107 Å². The molecule has 27 heteroatoms. The fourth-order valence-electron chi connectivity index (χ4n) is 17.2. The molecule has 684 valence electrons. The number of aliphatic carboxylic acids is 1. The Labute approximate surface area is 835 Å². The first-order valence-corrected chi connectivity index (χ1v) is 46.1. The number of phenolic OH excluding ortho intramolecular Hbond substituents is 1. The predicted molar refractivity (Wildman–Crippen MR) is 542 cm³/mol. The maximum atomic E-state index is 12.3. The van der Waals surface area contributed by atoms with Crippen molar-refractivity contribution in [1.29, 1.82) is 0 Å². The third kappa shape index (κ3) is 23.5. The Kier molecular flexibility index (Phi) is 34.9. The van der Waals surface area contributed by atoms with Crippen molar-refractivity contribution < 1.29 is 101 Å². The molecule has 2 fully saturated rings. The van der Waals surface area contributed by atoms with Gasteiger partial charge in [0.05, 0.1) is 70.3 Å². The summed E-state index contributed by atoms with van der Waals surface area (Å²) in [6.45, 7) is 25.7. The Morgan fingerprint density at radius 1 is 0.394 bits per heavy atom. The van der Waals surface area contributed by atoms with Gasteiger partial charge in [0.2, 0.25) is 0 Å². The van der Waals surface area contributed by atoms with Gasteiger partial charge in [-0.05, 0) is 233 Å². The number of carboxylic acid groups (broad SMARTS) is 1. The molecule has 0 amide bonds. The number of ketones is 4. The van der Waals surface area contributed by atoms with E-state index in [2.05, 4.69) is 122 Å². The fourth-order valence-corrected chi connectivity index (χ4v) is 18.9. The van der Waals surface area contributed by atoms with E-state index in [1.807, 2.05) is 176 Å². The number of hydrogen-bond acceptors (Lipinski definition) is 17. The number of halogens is 5. The Hall–Kier alpha value is -14.1. The molecule has 22 rings (SSSR count). The van der Waals surface area contributed by atoms with Crippen LogP contribution in [0.5, 0.6) is 5.75 Å². The van der Waals surface area contributed by atoms with E-state index in [4.69, 9.17) is 82.1 Å². The molecule has 6 heterocycles. The van der Waals surface area contributed by atoms with Crippen LogP contribution in [0, 0.1) is 27.1 Å². The molecule has 0 aliphatic heterocycles. The van der Waals surface area contributed by atoms with Crippen molar-refractivity contribution >= 4 is 275 Å². The summed E-state index contributed by atoms with van der Waals surface area (Å²) in [5.41, 5.74) is 12.0. The van der Waals surface area contributed by atoms with Gasteiger partial charge in [0.25, 0.3) is 0 Å². The van der Waals surface area contributed by atoms with Crippen LogP contribution in [-0.2, 0) is 89.4 Å². The van der Waals surface area contributed by atoms with Gasteiger partial charge in [-0.1, -0.05) is 194 Å². The molecule has 0 spiro atoms. The average Bonchev–Trinajstić information content (AvgIpc) is 1.73. The smallest absolute Gasteiger partial charge is 0.373 e. The van der Waals surface area contributed by atoms with Crippen LogP contribution in [0.3, 0.4) is 0 Å². The summed E-state index contributed by atoms with van der Waals surface area (Å²) in [6.07, 6.45) is 15.4. The van der Waals surface area contributed by atoms with E-state index in [0.717, 1.165) is 169 Å². The number of rotatable bonds is 9. The number of phenols is 1. The van der Waals surface area contributed by atoms with E-state index in [9.17, 15) is 33.9 Å². The molecule has 0 bridgehead atoms. The number of aromatic hydroxyl groups is 1. The van der Waals surface area contributed by atoms with E-state index >= 15 is 0 Å². The minimum Gasteiger partial charge on any atom is -0.508 e. The molecule has 21 nitrogen and oxygen atoms in total. The number of furan rings is 5. The summed E-state index contributed by atoms with van der Waals surface area (Å²) in [4.78, 5) is 113. The van der Waals surface area contributed by atoms with Crippen molar-refractivity contribution in [2.75, 3.05) is 0 Å². The Balaban J connectivity index is 0.000000143. The van der Waals surface area contributed by atoms with Gasteiger partial charge < -0.3 is 44.1 Å². The van der Waals surface area contributed by atoms with Crippen LogP contribution < -0.4 is 5.63 Å². The van der Waals surface area contributed by atoms with Crippen LogP contribution in [0.2, 0.25) is 0 Å². The number of alkyl halides is 1. The first-order chi connectivity index (χ1) is 65.4. The van der Waals surface area contributed by atoms with Crippen LogP contribution in [0.15, 0.2) is 305 Å². The van der Waals surface area contributed by atoms with Gasteiger partial charge in [-0.3, -0.25) is 24.0 Å². The zero-order valence-electron chi connectivity index (χ0n) is 73.5. The summed E-state index contributed by atoms with van der Waals surface area (Å²) in [7, 11) is 0. The van der Waals surface area contributed by atoms with Crippen molar-refractivity contribution in [1.82, 2.24) is 0 Å². The van der Waals surface area contributed by atoms with Gasteiger partial charge in [-0.25, -0.2) is 19.3 Å². The Bertz CT molecular complexity index is 8100. The van der Waals surface area contributed by atoms with Crippen LogP contribution in [0.4, 0.5) is 17.1 Å². The normalized spacial score (nSPS) is 13.0. The number of carbonyl (C=O) groups excluding carboxylic acids is 8. The minimum atomic E-state index is -0.855. The summed E-state index contributed by atoms with van der Waals surface area (Å²) in [6, 6.07) is 71.3. The van der Waals surface area contributed by atoms with Gasteiger partial charge in [0, 0.05) is 125 Å². The molecule has 2 unspecified atom stereocenters. The molecular weight excluding hydrogens is 2190 g/mol. The molecule has 6 aromatic heterocycles. The van der Waals surface area contributed by atoms with Crippen molar-refractivity contribution in [3.05, 3.63) is 359 Å². The van der Waals surface area contributed by atoms with Crippen molar-refractivity contribution in [3.63, 3.8) is 0 Å². The standard InChI is InChI=1S/2C19H13NO3.C16H13NO.C15H13BrO.C14H8BrClO2.C14H9BrO3.C10H7BrO.2CO2.CH3.W/c2*1-20-12-3-5-14-11(8-12)2-7-18-19(14)16(10-23-18)15-6-4-13(21)9-17(15)22;1-3-4-12-10-18-15-8-5-11-9-13(17-2)6-7-14(11)16(12)15;1-2-3-11-9-17-14-7-4-10-8-12(16)5-6-13(10)15(11)14;15-10-2-3-11-8(5-10)1-4-12-14(11)9(7-16)6-13(17)18-12;15-10-2-3-11-8(5-10)1-4-12-14(11)9(7-18-12)6-13(16)17;11-9-3-1-8-6-10(12)4-2-7(8)5-9;2*2-1-3;;/h2*2-3,5,7-8,10,15H,4,6,9H2;5-10H,3-4H2,1H3;4-9H,2-3H2,1H3;1-6H,7H2;1-5,7H,6H2,(H,16,17);1-6,12H;;;1H3;/q;;;;;;;;;-1;. The molecule has 2 N–H and O–H groups in total. The predicted octanol–water partition coefficient (Wildman–Crippen LogP) is 30.5. The van der Waals surface area contributed by atoms with E-state index in [0.29, 0.717) is 59.6 Å². The van der Waals surface area contributed by atoms with Gasteiger partial charge in [0.15, 0.2) is 17.1 Å². The summed E-state index contributed by atoms with van der Waals surface area (Å²) < 4.78 is 37.3. The van der Waals surface area contributed by atoms with E-state index in [1.165, 1.54) is 50.4 Å². The van der Waals surface area contributed by atoms with Gasteiger partial charge in [-0.2, -0.15) is 19.2 Å². The number of aryl methyl sites for hydroxylation is 2. The molecule has 2 atom stereocenters. The zero-order chi connectivity index (χ0) is 95.7. The number of fused-ring (bicyclic) bond motifs is 19. The second kappa shape index (κ2) is 46.9. The number of carbonyl (C=O) groups is 5. The topological polar surface area (TPSA) is 303 Å². The van der Waals surface area contributed by atoms with E-state index in [1.54, 1.807) is 36.8 Å². The zero-order valence-corrected chi connectivity index (χ0v) is 83.5. The number of carboxylic acids is 1. The first kappa shape index (κ1) is 102. The Morgan fingerprint density at radius 2 is 0.693 bits per heavy atom. The minimum absolute atomic E-state index is 0. The number of nitrogens with zero attached hydrogens (tertiary/aromatic N) is 3. The fraction of sp³-hybridized carbons (Fsp3) is 0.145. The second-order valence-corrected chi connectivity index (χ2v) is 35.6. The summed E-state index contributed by atoms with van der Waals surface area (Å²) in [5, 5.41) is 39.3. The monoisotopic (exact) mass is 2260 g/mol. The Morgan fingerprint density at radius 3 is 1.06 bits per heavy atom. The SMILES string of the molecule is CCCc1coc2ccc3cc(Br)ccc3c12.O=C(O)Cc1coc2ccc3cc(Br)ccc3c12.O=C=O.O=C=O.O=c1cc(CCl)c2c(ccc3cc(Br)ccc32)o1.Oc1ccc2cc(Br)ccc2c1.[C-]#[N+]c1ccc2c(ccc3occ(C4CCC(=O)CC4=O)c32)c1.[C-]#[N+]c1ccc2c(ccc3occ(C4CCC(=O)CC4=O)c32)c1.[C-]#[N+]c1ccc2c(ccc3occ(CCC)c32)c1.[CH3-].[W]. The van der Waals surface area contributed by atoms with Crippen molar-refractivity contribution in [3.8, 4) is 5.75 Å². The number of Topliss-reactive ketones (excluding diaryl/α,β-unsaturated/α-hetero) is 4. The molecule has 14 aromatic carbocycles. The molecule has 20 aromatic rings. The summed E-state index contributed by atoms with van der Waals surface area (Å²) in [5.74, 6) is -0.831. The largest absolute Gasteiger partial charge is 0.508 e. The van der Waals surface area contributed by atoms with Gasteiger partial charge in [-0.15, -0.1) is 11.6 Å². The maximum Gasteiger partial charge on any atom is 0.373 e. The summed E-state index contributed by atoms with van der Waals surface area (Å²) >= 11 is 19.7. The second-order valence-electron chi connectivity index (χ2n) is 31.6. The molecule has 137 heavy (non-hydrogen) atoms. The molecule has 2 aliphatic rings. The third-order valence-corrected chi connectivity index (χ3v) is 25.4. The van der Waals surface area contributed by atoms with Crippen molar-refractivity contribution in [2.24, 2.45) is 0 Å². The molecule has 2 aliphatic carbocycles. The number of benzene rings is 14. The van der Waals surface area contributed by atoms with Gasteiger partial charge in [0.1, 0.15) is 62.4 Å². The quantitative estimate of drug-likeness (QED) is 0.0446. The first-order valence-electron chi connectivity index (χ1n) is 42.4. The molecule has 2 saturated carbocycles.